The van der Waals surface area contributed by atoms with Crippen LogP contribution in [-0.4, -0.2) is 29.7 Å². The lowest BCUT2D eigenvalue weighted by atomic mass is 9.84. The van der Waals surface area contributed by atoms with E-state index in [1.165, 1.54) is 18.9 Å². The molecule has 0 amide bonds. The average Bonchev–Trinajstić information content (AvgIpc) is 2.38. The minimum Gasteiger partial charge on any atom is -0.384 e. The van der Waals surface area contributed by atoms with Crippen LogP contribution in [0.4, 0.5) is 4.39 Å². The molecule has 1 aliphatic rings. The first kappa shape index (κ1) is 15.0. The highest BCUT2D eigenvalue weighted by Crippen LogP contribution is 2.29. The number of halogens is 1. The van der Waals surface area contributed by atoms with E-state index in [4.69, 9.17) is 5.11 Å². The summed E-state index contributed by atoms with van der Waals surface area (Å²) in [5.41, 5.74) is 1.65. The molecule has 3 heteroatoms. The van der Waals surface area contributed by atoms with Gasteiger partial charge in [0, 0.05) is 24.2 Å². The van der Waals surface area contributed by atoms with Crippen LogP contribution < -0.4 is 0 Å². The summed E-state index contributed by atoms with van der Waals surface area (Å²) >= 11 is 0. The topological polar surface area (TPSA) is 23.5 Å². The van der Waals surface area contributed by atoms with Gasteiger partial charge in [-0.05, 0) is 36.9 Å². The van der Waals surface area contributed by atoms with Crippen LogP contribution in [0, 0.1) is 23.1 Å². The molecule has 0 atom stereocenters. The van der Waals surface area contributed by atoms with E-state index in [1.807, 2.05) is 6.07 Å². The molecule has 0 aliphatic carbocycles. The fourth-order valence-corrected chi connectivity index (χ4v) is 2.82. The molecule has 0 radical (unpaired) electrons. The molecule has 1 saturated heterocycles. The molecule has 108 valence electrons. The molecule has 0 unspecified atom stereocenters. The van der Waals surface area contributed by atoms with E-state index < -0.39 is 0 Å². The van der Waals surface area contributed by atoms with Crippen LogP contribution in [0.3, 0.4) is 0 Å². The molecule has 1 aliphatic heterocycles. The number of likely N-dealkylation sites (tertiary alicyclic amines) is 1. The number of aliphatic hydroxyl groups excluding tert-OH is 1. The van der Waals surface area contributed by atoms with Crippen molar-refractivity contribution in [1.82, 2.24) is 4.90 Å². The first-order valence-corrected chi connectivity index (χ1v) is 7.11. The van der Waals surface area contributed by atoms with Crippen molar-refractivity contribution >= 4 is 0 Å². The SMILES string of the molecule is CC1(C)CCCN(Cc2ccc(C#CCO)cc2F)C1. The van der Waals surface area contributed by atoms with Crippen molar-refractivity contribution in [2.24, 2.45) is 5.41 Å². The minimum absolute atomic E-state index is 0.202. The molecule has 1 heterocycles. The molecule has 0 bridgehead atoms. The van der Waals surface area contributed by atoms with Gasteiger partial charge in [-0.3, -0.25) is 4.90 Å². The normalized spacial score (nSPS) is 18.4. The van der Waals surface area contributed by atoms with Crippen LogP contribution in [0.5, 0.6) is 0 Å². The molecule has 2 rings (SSSR count). The Morgan fingerprint density at radius 2 is 2.20 bits per heavy atom. The van der Waals surface area contributed by atoms with Gasteiger partial charge in [-0.15, -0.1) is 0 Å². The summed E-state index contributed by atoms with van der Waals surface area (Å²) in [7, 11) is 0. The highest BCUT2D eigenvalue weighted by Gasteiger charge is 2.26. The summed E-state index contributed by atoms with van der Waals surface area (Å²) in [5.74, 6) is 5.05. The quantitative estimate of drug-likeness (QED) is 0.839. The fraction of sp³-hybridized carbons (Fsp3) is 0.529. The molecule has 1 aromatic carbocycles. The second kappa shape index (κ2) is 6.39. The number of benzene rings is 1. The van der Waals surface area contributed by atoms with E-state index in [0.29, 0.717) is 17.5 Å². The summed E-state index contributed by atoms with van der Waals surface area (Å²) in [6, 6.07) is 5.07. The molecule has 20 heavy (non-hydrogen) atoms. The summed E-state index contributed by atoms with van der Waals surface area (Å²) in [6.45, 7) is 7.04. The highest BCUT2D eigenvalue weighted by atomic mass is 19.1. The second-order valence-corrected chi connectivity index (χ2v) is 6.24. The van der Waals surface area contributed by atoms with Crippen molar-refractivity contribution in [2.75, 3.05) is 19.7 Å². The Hall–Kier alpha value is -1.37. The Morgan fingerprint density at radius 1 is 1.40 bits per heavy atom. The number of rotatable bonds is 2. The zero-order chi connectivity index (χ0) is 14.6. The maximum absolute atomic E-state index is 14.1. The van der Waals surface area contributed by atoms with Gasteiger partial charge in [0.2, 0.25) is 0 Å². The van der Waals surface area contributed by atoms with E-state index in [-0.39, 0.29) is 12.4 Å². The van der Waals surface area contributed by atoms with Gasteiger partial charge in [0.25, 0.3) is 0 Å². The van der Waals surface area contributed by atoms with Crippen LogP contribution in [0.25, 0.3) is 0 Å². The van der Waals surface area contributed by atoms with Crippen molar-refractivity contribution in [3.05, 3.63) is 35.1 Å². The minimum atomic E-state index is -0.210. The number of aliphatic hydroxyl groups is 1. The van der Waals surface area contributed by atoms with E-state index in [1.54, 1.807) is 6.07 Å². The van der Waals surface area contributed by atoms with Crippen molar-refractivity contribution in [1.29, 1.82) is 0 Å². The standard InChI is InChI=1S/C17H22FNO/c1-17(2)8-4-9-19(13-17)12-15-7-6-14(5-3-10-20)11-16(15)18/h6-7,11,20H,4,8-10,12-13H2,1-2H3. The third-order valence-electron chi connectivity index (χ3n) is 3.74. The largest absolute Gasteiger partial charge is 0.384 e. The molecule has 0 aromatic heterocycles. The molecule has 2 nitrogen and oxygen atoms in total. The average molecular weight is 275 g/mol. The van der Waals surface area contributed by atoms with Crippen LogP contribution in [0.2, 0.25) is 0 Å². The van der Waals surface area contributed by atoms with Gasteiger partial charge >= 0.3 is 0 Å². The van der Waals surface area contributed by atoms with E-state index in [0.717, 1.165) is 18.7 Å². The number of hydrogen-bond donors (Lipinski definition) is 1. The number of piperidine rings is 1. The van der Waals surface area contributed by atoms with Crippen molar-refractivity contribution in [3.8, 4) is 11.8 Å². The summed E-state index contributed by atoms with van der Waals surface area (Å²) in [4.78, 5) is 2.32. The predicted octanol–water partition coefficient (Wildman–Crippen LogP) is 2.79. The van der Waals surface area contributed by atoms with E-state index in [9.17, 15) is 4.39 Å². The lowest BCUT2D eigenvalue weighted by molar-refractivity contribution is 0.110. The Labute approximate surface area is 120 Å². The molecule has 1 N–H and O–H groups in total. The zero-order valence-electron chi connectivity index (χ0n) is 12.2. The highest BCUT2D eigenvalue weighted by molar-refractivity contribution is 5.37. The number of nitrogens with zero attached hydrogens (tertiary/aromatic N) is 1. The smallest absolute Gasteiger partial charge is 0.128 e. The van der Waals surface area contributed by atoms with Crippen molar-refractivity contribution in [2.45, 2.75) is 33.2 Å². The molecular formula is C17H22FNO. The lowest BCUT2D eigenvalue weighted by Gasteiger charge is -2.38. The van der Waals surface area contributed by atoms with Crippen LogP contribution in [0.1, 0.15) is 37.8 Å². The third kappa shape index (κ3) is 4.06. The maximum atomic E-state index is 14.1. The van der Waals surface area contributed by atoms with Gasteiger partial charge in [-0.1, -0.05) is 31.8 Å². The van der Waals surface area contributed by atoms with Gasteiger partial charge in [0.05, 0.1) is 0 Å². The molecular weight excluding hydrogens is 253 g/mol. The van der Waals surface area contributed by atoms with Crippen LogP contribution >= 0.6 is 0 Å². The number of hydrogen-bond acceptors (Lipinski definition) is 2. The van der Waals surface area contributed by atoms with Gasteiger partial charge in [-0.2, -0.15) is 0 Å². The van der Waals surface area contributed by atoms with E-state index in [2.05, 4.69) is 30.6 Å². The maximum Gasteiger partial charge on any atom is 0.128 e. The molecule has 1 aromatic rings. The third-order valence-corrected chi connectivity index (χ3v) is 3.74. The van der Waals surface area contributed by atoms with Gasteiger partial charge in [0.1, 0.15) is 12.4 Å². The van der Waals surface area contributed by atoms with Crippen LogP contribution in [0.15, 0.2) is 18.2 Å². The summed E-state index contributed by atoms with van der Waals surface area (Å²) < 4.78 is 14.1. The zero-order valence-corrected chi connectivity index (χ0v) is 12.2. The van der Waals surface area contributed by atoms with Crippen molar-refractivity contribution in [3.63, 3.8) is 0 Å². The Bertz CT molecular complexity index is 528. The Morgan fingerprint density at radius 3 is 2.85 bits per heavy atom. The summed E-state index contributed by atoms with van der Waals surface area (Å²) in [5, 5.41) is 8.64. The van der Waals surface area contributed by atoms with Gasteiger partial charge in [-0.25, -0.2) is 4.39 Å². The van der Waals surface area contributed by atoms with Gasteiger partial charge < -0.3 is 5.11 Å². The Balaban J connectivity index is 2.06. The molecule has 1 fully saturated rings. The molecule has 0 spiro atoms. The summed E-state index contributed by atoms with van der Waals surface area (Å²) in [6.07, 6.45) is 2.41. The fourth-order valence-electron chi connectivity index (χ4n) is 2.82. The van der Waals surface area contributed by atoms with Crippen molar-refractivity contribution < 1.29 is 9.50 Å². The van der Waals surface area contributed by atoms with Gasteiger partial charge in [0.15, 0.2) is 0 Å². The van der Waals surface area contributed by atoms with E-state index >= 15 is 0 Å². The second-order valence-electron chi connectivity index (χ2n) is 6.24. The monoisotopic (exact) mass is 275 g/mol. The molecule has 0 saturated carbocycles. The first-order chi connectivity index (χ1) is 9.50. The Kier molecular flexibility index (Phi) is 4.80. The lowest BCUT2D eigenvalue weighted by Crippen LogP contribution is -2.39. The predicted molar refractivity (Wildman–Crippen MR) is 78.7 cm³/mol. The van der Waals surface area contributed by atoms with Crippen LogP contribution in [-0.2, 0) is 6.54 Å². The first-order valence-electron chi connectivity index (χ1n) is 7.11.